The number of aliphatic hydroxyl groups is 1. The van der Waals surface area contributed by atoms with Crippen molar-refractivity contribution in [3.63, 3.8) is 0 Å². The van der Waals surface area contributed by atoms with Gasteiger partial charge in [-0.05, 0) is 46.3 Å². The molecule has 1 N–H and O–H groups in total. The first-order valence-electron chi connectivity index (χ1n) is 10.9. The van der Waals surface area contributed by atoms with Gasteiger partial charge in [-0.25, -0.2) is 13.4 Å². The maximum absolute atomic E-state index is 13.2. The number of pyridine rings is 2. The largest absolute Gasteiger partial charge is 0.494 e. The number of benzene rings is 1. The molecule has 0 aliphatic carbocycles. The van der Waals surface area contributed by atoms with Crippen molar-refractivity contribution in [1.29, 1.82) is 0 Å². The van der Waals surface area contributed by atoms with Crippen molar-refractivity contribution < 1.29 is 27.7 Å². The second-order valence-corrected chi connectivity index (χ2v) is 10.8. The molecule has 1 atom stereocenters. The molecule has 0 bridgehead atoms. The van der Waals surface area contributed by atoms with Crippen LogP contribution in [0.1, 0.15) is 17.6 Å². The minimum Gasteiger partial charge on any atom is -0.494 e. The summed E-state index contributed by atoms with van der Waals surface area (Å²) in [7, 11) is 0.575. The fraction of sp³-hybridized carbons (Fsp3) is 0.250. The third kappa shape index (κ3) is 5.89. The fourth-order valence-electron chi connectivity index (χ4n) is 3.68. The lowest BCUT2D eigenvalue weighted by atomic mass is 10.2. The molecule has 11 nitrogen and oxygen atoms in total. The van der Waals surface area contributed by atoms with Crippen molar-refractivity contribution in [2.75, 3.05) is 27.1 Å². The van der Waals surface area contributed by atoms with E-state index in [0.717, 1.165) is 0 Å². The van der Waals surface area contributed by atoms with Crippen molar-refractivity contribution in [3.05, 3.63) is 70.7 Å². The molecule has 0 fully saturated rings. The number of halogens is 1. The maximum atomic E-state index is 13.2. The van der Waals surface area contributed by atoms with Crippen LogP contribution in [0, 0.1) is 0 Å². The van der Waals surface area contributed by atoms with Crippen LogP contribution in [0.5, 0.6) is 17.4 Å². The number of hydrogen-bond donors (Lipinski definition) is 1. The summed E-state index contributed by atoms with van der Waals surface area (Å²) in [5.74, 6) is 0.393. The van der Waals surface area contributed by atoms with Crippen molar-refractivity contribution >= 4 is 25.8 Å². The highest BCUT2D eigenvalue weighted by Crippen LogP contribution is 2.36. The second-order valence-electron chi connectivity index (χ2n) is 7.82. The molecule has 1 aromatic carbocycles. The van der Waals surface area contributed by atoms with E-state index in [4.69, 9.17) is 14.2 Å². The number of hydrogen-bond acceptors (Lipinski definition) is 10. The van der Waals surface area contributed by atoms with E-state index in [-0.39, 0.29) is 17.3 Å². The standard InChI is InChI=1S/C24H24BrN5O6S/c1-34-19-7-5-8-20(35-2)23(19)30-21(28-29-24(30)17-6-4-9-22(27-17)36-3)14-37(32,33)13-18(31)16-11-10-15(25)12-26-16/h4-12,18,31H,13-14H2,1-3H3/t18-/m1/s1. The molecule has 0 aliphatic heterocycles. The predicted octanol–water partition coefficient (Wildman–Crippen LogP) is 3.16. The van der Waals surface area contributed by atoms with E-state index < -0.39 is 27.4 Å². The number of sulfone groups is 1. The SMILES string of the molecule is COc1cccc(-c2nnc(CS(=O)(=O)C[C@@H](O)c3ccc(Br)cn3)n2-c2c(OC)cccc2OC)n1. The summed E-state index contributed by atoms with van der Waals surface area (Å²) < 4.78 is 45.0. The van der Waals surface area contributed by atoms with Gasteiger partial charge in [-0.3, -0.25) is 9.55 Å². The monoisotopic (exact) mass is 589 g/mol. The highest BCUT2D eigenvalue weighted by Gasteiger charge is 2.28. The van der Waals surface area contributed by atoms with Gasteiger partial charge in [0.15, 0.2) is 21.5 Å². The molecule has 0 aliphatic rings. The molecular formula is C24H24BrN5O6S. The smallest absolute Gasteiger partial charge is 0.213 e. The van der Waals surface area contributed by atoms with Crippen LogP contribution in [-0.2, 0) is 15.6 Å². The van der Waals surface area contributed by atoms with Gasteiger partial charge in [0.2, 0.25) is 5.88 Å². The third-order valence-electron chi connectivity index (χ3n) is 5.37. The average molecular weight is 590 g/mol. The highest BCUT2D eigenvalue weighted by molar-refractivity contribution is 9.10. The number of aliphatic hydroxyl groups excluding tert-OH is 1. The van der Waals surface area contributed by atoms with Gasteiger partial charge in [-0.2, -0.15) is 0 Å². The molecule has 0 saturated carbocycles. The summed E-state index contributed by atoms with van der Waals surface area (Å²) in [5, 5.41) is 19.0. The minimum atomic E-state index is -3.90. The van der Waals surface area contributed by atoms with Crippen LogP contribution in [0.25, 0.3) is 17.2 Å². The summed E-state index contributed by atoms with van der Waals surface area (Å²) in [4.78, 5) is 8.53. The Morgan fingerprint density at radius 3 is 2.30 bits per heavy atom. The third-order valence-corrected chi connectivity index (χ3v) is 7.36. The Balaban J connectivity index is 1.80. The fourth-order valence-corrected chi connectivity index (χ4v) is 5.27. The summed E-state index contributed by atoms with van der Waals surface area (Å²) in [6.07, 6.45) is 0.165. The van der Waals surface area contributed by atoms with E-state index in [1.807, 2.05) is 0 Å². The van der Waals surface area contributed by atoms with Gasteiger partial charge in [0.05, 0.1) is 32.8 Å². The van der Waals surface area contributed by atoms with Gasteiger partial charge >= 0.3 is 0 Å². The van der Waals surface area contributed by atoms with E-state index in [2.05, 4.69) is 36.1 Å². The number of aromatic nitrogens is 5. The normalized spacial score (nSPS) is 12.2. The number of rotatable bonds is 10. The molecule has 194 valence electrons. The van der Waals surface area contributed by atoms with Crippen molar-refractivity contribution in [3.8, 4) is 34.6 Å². The lowest BCUT2D eigenvalue weighted by Crippen LogP contribution is -2.19. The lowest BCUT2D eigenvalue weighted by molar-refractivity contribution is 0.196. The van der Waals surface area contributed by atoms with E-state index >= 15 is 0 Å². The van der Waals surface area contributed by atoms with Gasteiger partial charge < -0.3 is 19.3 Å². The summed E-state index contributed by atoms with van der Waals surface area (Å²) in [5.41, 5.74) is 1.03. The molecule has 0 amide bonds. The Bertz CT molecular complexity index is 1470. The molecule has 4 rings (SSSR count). The average Bonchev–Trinajstić information content (AvgIpc) is 3.30. The topological polar surface area (TPSA) is 139 Å². The Kier molecular flexibility index (Phi) is 8.05. The van der Waals surface area contributed by atoms with Gasteiger partial charge in [0.25, 0.3) is 0 Å². The number of ether oxygens (including phenoxy) is 3. The molecule has 3 heterocycles. The first-order valence-corrected chi connectivity index (χ1v) is 13.5. The molecule has 3 aromatic heterocycles. The maximum Gasteiger partial charge on any atom is 0.213 e. The van der Waals surface area contributed by atoms with E-state index in [9.17, 15) is 13.5 Å². The summed E-state index contributed by atoms with van der Waals surface area (Å²) in [6, 6.07) is 13.5. The molecule has 0 spiro atoms. The molecule has 0 saturated heterocycles. The lowest BCUT2D eigenvalue weighted by Gasteiger charge is -2.17. The van der Waals surface area contributed by atoms with Crippen LogP contribution in [0.2, 0.25) is 0 Å². The van der Waals surface area contributed by atoms with Gasteiger partial charge in [0.1, 0.15) is 34.7 Å². The zero-order chi connectivity index (χ0) is 26.6. The van der Waals surface area contributed by atoms with Crippen LogP contribution in [0.15, 0.2) is 59.2 Å². The van der Waals surface area contributed by atoms with Crippen molar-refractivity contribution in [2.45, 2.75) is 11.9 Å². The molecule has 37 heavy (non-hydrogen) atoms. The van der Waals surface area contributed by atoms with Crippen LogP contribution in [0.4, 0.5) is 0 Å². The zero-order valence-electron chi connectivity index (χ0n) is 20.2. The Morgan fingerprint density at radius 1 is 0.973 bits per heavy atom. The van der Waals surface area contributed by atoms with Crippen molar-refractivity contribution in [1.82, 2.24) is 24.7 Å². The first kappa shape index (κ1) is 26.5. The summed E-state index contributed by atoms with van der Waals surface area (Å²) in [6.45, 7) is 0. The predicted molar refractivity (Wildman–Crippen MR) is 139 cm³/mol. The van der Waals surface area contributed by atoms with E-state index in [0.29, 0.717) is 33.2 Å². The van der Waals surface area contributed by atoms with Crippen LogP contribution >= 0.6 is 15.9 Å². The molecular weight excluding hydrogens is 566 g/mol. The van der Waals surface area contributed by atoms with Gasteiger partial charge in [0, 0.05) is 16.7 Å². The molecule has 0 unspecified atom stereocenters. The van der Waals surface area contributed by atoms with E-state index in [1.165, 1.54) is 32.1 Å². The minimum absolute atomic E-state index is 0.0818. The highest BCUT2D eigenvalue weighted by atomic mass is 79.9. The summed E-state index contributed by atoms with van der Waals surface area (Å²) >= 11 is 3.27. The first-order chi connectivity index (χ1) is 17.8. The van der Waals surface area contributed by atoms with Gasteiger partial charge in [-0.1, -0.05) is 12.1 Å². The van der Waals surface area contributed by atoms with Crippen molar-refractivity contribution in [2.24, 2.45) is 0 Å². The molecule has 0 radical (unpaired) electrons. The van der Waals surface area contributed by atoms with E-state index in [1.54, 1.807) is 48.5 Å². The van der Waals surface area contributed by atoms with Gasteiger partial charge in [-0.15, -0.1) is 10.2 Å². The Hall–Kier alpha value is -3.55. The Morgan fingerprint density at radius 2 is 1.68 bits per heavy atom. The Labute approximate surface area is 222 Å². The quantitative estimate of drug-likeness (QED) is 0.293. The molecule has 13 heteroatoms. The second kappa shape index (κ2) is 11.2. The zero-order valence-corrected chi connectivity index (χ0v) is 22.6. The number of methoxy groups -OCH3 is 3. The number of para-hydroxylation sites is 1. The molecule has 4 aromatic rings. The number of nitrogens with zero attached hydrogens (tertiary/aromatic N) is 5. The van der Waals surface area contributed by atoms with Crippen LogP contribution in [0.3, 0.4) is 0 Å². The van der Waals surface area contributed by atoms with Crippen LogP contribution < -0.4 is 14.2 Å². The van der Waals surface area contributed by atoms with Crippen LogP contribution in [-0.4, -0.2) is 65.3 Å².